The molecule has 3 nitrogen and oxygen atoms in total. The minimum atomic E-state index is -0.787. The van der Waals surface area contributed by atoms with E-state index < -0.39 is 5.97 Å². The molecule has 0 saturated heterocycles. The largest absolute Gasteiger partial charge is 0.481 e. The number of carbonyl (C=O) groups is 1. The highest BCUT2D eigenvalue weighted by atomic mass is 32.1. The van der Waals surface area contributed by atoms with Crippen LogP contribution in [-0.4, -0.2) is 11.1 Å². The van der Waals surface area contributed by atoms with E-state index in [1.54, 1.807) is 11.3 Å². The molecule has 1 aromatic heterocycles. The number of aryl methyl sites for hydroxylation is 2. The fraction of sp³-hybridized carbons (Fsp3) is 0.500. The van der Waals surface area contributed by atoms with Crippen molar-refractivity contribution in [1.29, 1.82) is 0 Å². The third kappa shape index (κ3) is 2.82. The van der Waals surface area contributed by atoms with Crippen LogP contribution in [0, 0.1) is 13.8 Å². The zero-order chi connectivity index (χ0) is 10.7. The molecule has 0 aliphatic rings. The first-order chi connectivity index (χ1) is 6.50. The maximum Gasteiger partial charge on any atom is 0.303 e. The fourth-order valence-corrected chi connectivity index (χ4v) is 2.45. The molecular formula is C10H15NO2S. The van der Waals surface area contributed by atoms with Gasteiger partial charge in [-0.25, -0.2) is 0 Å². The number of carboxylic acids is 1. The average Bonchev–Trinajstić information content (AvgIpc) is 2.41. The summed E-state index contributed by atoms with van der Waals surface area (Å²) in [5, 5.41) is 8.53. The van der Waals surface area contributed by atoms with Gasteiger partial charge in [0.1, 0.15) is 0 Å². The molecule has 0 amide bonds. The Hall–Kier alpha value is -0.870. The van der Waals surface area contributed by atoms with Gasteiger partial charge in [-0.3, -0.25) is 4.79 Å². The van der Waals surface area contributed by atoms with Crippen LogP contribution in [0.3, 0.4) is 0 Å². The summed E-state index contributed by atoms with van der Waals surface area (Å²) in [6, 6.07) is 1.91. The SMILES string of the molecule is Cc1cc(C(N)CCC(=O)O)c(C)s1. The number of aliphatic carboxylic acids is 1. The van der Waals surface area contributed by atoms with Gasteiger partial charge in [0.15, 0.2) is 0 Å². The van der Waals surface area contributed by atoms with Crippen molar-refractivity contribution in [2.75, 3.05) is 0 Å². The van der Waals surface area contributed by atoms with Crippen LogP contribution < -0.4 is 5.73 Å². The van der Waals surface area contributed by atoms with E-state index in [2.05, 4.69) is 0 Å². The molecule has 4 heteroatoms. The number of carboxylic acid groups (broad SMARTS) is 1. The Morgan fingerprint density at radius 1 is 1.64 bits per heavy atom. The second-order valence-electron chi connectivity index (χ2n) is 3.41. The molecule has 0 aliphatic carbocycles. The van der Waals surface area contributed by atoms with Crippen molar-refractivity contribution >= 4 is 17.3 Å². The Labute approximate surface area is 87.6 Å². The minimum Gasteiger partial charge on any atom is -0.481 e. The Kier molecular flexibility index (Phi) is 3.66. The molecule has 0 fully saturated rings. The lowest BCUT2D eigenvalue weighted by Gasteiger charge is -2.09. The quantitative estimate of drug-likeness (QED) is 0.806. The first kappa shape index (κ1) is 11.2. The normalized spacial score (nSPS) is 12.8. The molecule has 1 heterocycles. The predicted octanol–water partition coefficient (Wildman–Crippen LogP) is 2.23. The Morgan fingerprint density at radius 3 is 2.71 bits per heavy atom. The van der Waals surface area contributed by atoms with Crippen molar-refractivity contribution < 1.29 is 9.90 Å². The average molecular weight is 213 g/mol. The summed E-state index contributed by atoms with van der Waals surface area (Å²) in [4.78, 5) is 12.8. The lowest BCUT2D eigenvalue weighted by molar-refractivity contribution is -0.137. The van der Waals surface area contributed by atoms with Crippen molar-refractivity contribution in [1.82, 2.24) is 0 Å². The van der Waals surface area contributed by atoms with E-state index in [0.717, 1.165) is 5.56 Å². The van der Waals surface area contributed by atoms with Crippen molar-refractivity contribution in [3.63, 3.8) is 0 Å². The van der Waals surface area contributed by atoms with E-state index in [1.807, 2.05) is 19.9 Å². The van der Waals surface area contributed by atoms with Crippen LogP contribution in [0.4, 0.5) is 0 Å². The highest BCUT2D eigenvalue weighted by Gasteiger charge is 2.12. The summed E-state index contributed by atoms with van der Waals surface area (Å²) in [5.74, 6) is -0.787. The second-order valence-corrected chi connectivity index (χ2v) is 4.87. The molecule has 0 aromatic carbocycles. The molecular weight excluding hydrogens is 198 g/mol. The zero-order valence-electron chi connectivity index (χ0n) is 8.41. The molecule has 1 aromatic rings. The number of hydrogen-bond acceptors (Lipinski definition) is 3. The van der Waals surface area contributed by atoms with Crippen molar-refractivity contribution in [2.24, 2.45) is 5.73 Å². The number of nitrogens with two attached hydrogens (primary N) is 1. The topological polar surface area (TPSA) is 63.3 Å². The molecule has 1 unspecified atom stereocenters. The molecule has 0 radical (unpaired) electrons. The summed E-state index contributed by atoms with van der Waals surface area (Å²) in [7, 11) is 0. The predicted molar refractivity (Wildman–Crippen MR) is 57.6 cm³/mol. The van der Waals surface area contributed by atoms with E-state index in [-0.39, 0.29) is 12.5 Å². The van der Waals surface area contributed by atoms with Crippen LogP contribution in [0.1, 0.15) is 34.2 Å². The Bertz CT molecular complexity index is 333. The van der Waals surface area contributed by atoms with Gasteiger partial charge in [0, 0.05) is 22.2 Å². The molecule has 0 spiro atoms. The van der Waals surface area contributed by atoms with Crippen molar-refractivity contribution in [3.05, 3.63) is 21.4 Å². The summed E-state index contributed by atoms with van der Waals surface area (Å²) in [6.45, 7) is 4.05. The van der Waals surface area contributed by atoms with Crippen LogP contribution in [0.2, 0.25) is 0 Å². The summed E-state index contributed by atoms with van der Waals surface area (Å²) < 4.78 is 0. The smallest absolute Gasteiger partial charge is 0.303 e. The highest BCUT2D eigenvalue weighted by Crippen LogP contribution is 2.27. The van der Waals surface area contributed by atoms with Crippen LogP contribution in [0.15, 0.2) is 6.07 Å². The molecule has 0 saturated carbocycles. The van der Waals surface area contributed by atoms with Gasteiger partial charge in [-0.2, -0.15) is 0 Å². The van der Waals surface area contributed by atoms with E-state index in [9.17, 15) is 4.79 Å². The van der Waals surface area contributed by atoms with E-state index in [1.165, 1.54) is 9.75 Å². The number of rotatable bonds is 4. The lowest BCUT2D eigenvalue weighted by Crippen LogP contribution is -2.12. The van der Waals surface area contributed by atoms with Crippen LogP contribution in [0.25, 0.3) is 0 Å². The van der Waals surface area contributed by atoms with Crippen LogP contribution in [-0.2, 0) is 4.79 Å². The molecule has 14 heavy (non-hydrogen) atoms. The van der Waals surface area contributed by atoms with Gasteiger partial charge in [-0.1, -0.05) is 0 Å². The molecule has 0 aliphatic heterocycles. The second kappa shape index (κ2) is 4.57. The standard InChI is InChI=1S/C10H15NO2S/c1-6-5-8(7(2)14-6)9(11)3-4-10(12)13/h5,9H,3-4,11H2,1-2H3,(H,12,13). The minimum absolute atomic E-state index is 0.134. The van der Waals surface area contributed by atoms with Crippen LogP contribution in [0.5, 0.6) is 0 Å². The third-order valence-corrected chi connectivity index (χ3v) is 3.13. The summed E-state index contributed by atoms with van der Waals surface area (Å²) in [6.07, 6.45) is 0.641. The van der Waals surface area contributed by atoms with Gasteiger partial charge < -0.3 is 10.8 Å². The van der Waals surface area contributed by atoms with E-state index >= 15 is 0 Å². The Morgan fingerprint density at radius 2 is 2.29 bits per heavy atom. The summed E-state index contributed by atoms with van der Waals surface area (Å²) >= 11 is 1.70. The number of thiophene rings is 1. The molecule has 0 bridgehead atoms. The molecule has 3 N–H and O–H groups in total. The molecule has 1 atom stereocenters. The molecule has 1 rings (SSSR count). The number of hydrogen-bond donors (Lipinski definition) is 2. The van der Waals surface area contributed by atoms with Gasteiger partial charge in [-0.05, 0) is 31.9 Å². The van der Waals surface area contributed by atoms with Crippen molar-refractivity contribution in [3.8, 4) is 0 Å². The Balaban J connectivity index is 2.64. The first-order valence-electron chi connectivity index (χ1n) is 4.55. The zero-order valence-corrected chi connectivity index (χ0v) is 9.23. The first-order valence-corrected chi connectivity index (χ1v) is 5.36. The maximum atomic E-state index is 10.4. The van der Waals surface area contributed by atoms with Gasteiger partial charge in [0.2, 0.25) is 0 Å². The monoisotopic (exact) mass is 213 g/mol. The van der Waals surface area contributed by atoms with Gasteiger partial charge in [-0.15, -0.1) is 11.3 Å². The van der Waals surface area contributed by atoms with E-state index in [0.29, 0.717) is 6.42 Å². The highest BCUT2D eigenvalue weighted by molar-refractivity contribution is 7.12. The summed E-state index contributed by atoms with van der Waals surface area (Å²) in [5.41, 5.74) is 6.99. The van der Waals surface area contributed by atoms with Crippen molar-refractivity contribution in [2.45, 2.75) is 32.7 Å². The van der Waals surface area contributed by atoms with Gasteiger partial charge in [0.05, 0.1) is 0 Å². The fourth-order valence-electron chi connectivity index (χ4n) is 1.45. The third-order valence-electron chi connectivity index (χ3n) is 2.15. The van der Waals surface area contributed by atoms with Gasteiger partial charge in [0.25, 0.3) is 0 Å². The maximum absolute atomic E-state index is 10.4. The van der Waals surface area contributed by atoms with Gasteiger partial charge >= 0.3 is 5.97 Å². The lowest BCUT2D eigenvalue weighted by atomic mass is 10.0. The van der Waals surface area contributed by atoms with Crippen LogP contribution >= 0.6 is 11.3 Å². The van der Waals surface area contributed by atoms with E-state index in [4.69, 9.17) is 10.8 Å². The molecule has 78 valence electrons.